The Labute approximate surface area is 390 Å². The first-order valence-electron chi connectivity index (χ1n) is 0. The molecule has 0 spiro atoms. The molecular weight excluding hydrogens is 1020 g/mol. The largest absolute Gasteiger partial charge is 4.00 e. The van der Waals surface area contributed by atoms with E-state index in [-0.39, 0.29) is 399 Å². The molecule has 25 heavy (non-hydrogen) atoms. The monoisotopic (exact) mass is 1010 g/mol. The zero-order valence-corrected chi connectivity index (χ0v) is 39.6. The summed E-state index contributed by atoms with van der Waals surface area (Å²) in [7, 11) is 0. The summed E-state index contributed by atoms with van der Waals surface area (Å²) in [5, 5.41) is 0. The standard InChI is InChI=1S/17ClH.K.Mg.Mn.Mo.Na.P.Se.Zn/h17*1H;;;;;;;;/q;;;;;;;;;;;;;;;;;+1;2*+2;+4;+1;+3;2*+2/p-17. The van der Waals surface area contributed by atoms with Crippen LogP contribution in [0.4, 0.5) is 0 Å². The van der Waals surface area contributed by atoms with Crippen LogP contribution in [0.15, 0.2) is 0 Å². The second-order valence-electron chi connectivity index (χ2n) is 0. The third-order valence-corrected chi connectivity index (χ3v) is 0. The number of hydrogen-bond donors (Lipinski definition) is 0. The van der Waals surface area contributed by atoms with Gasteiger partial charge in [0.05, 0.1) is 0 Å². The van der Waals surface area contributed by atoms with Gasteiger partial charge in [-0.05, 0) is 0 Å². The molecule has 0 saturated carbocycles. The summed E-state index contributed by atoms with van der Waals surface area (Å²) >= 11 is 0. The summed E-state index contributed by atoms with van der Waals surface area (Å²) < 4.78 is 0. The van der Waals surface area contributed by atoms with E-state index in [1.165, 1.54) is 0 Å². The predicted octanol–water partition coefficient (Wildman–Crippen LogP) is -56.8. The van der Waals surface area contributed by atoms with Gasteiger partial charge >= 0.3 is 189 Å². The van der Waals surface area contributed by atoms with Gasteiger partial charge in [-0.3, -0.25) is 0 Å². The minimum absolute atomic E-state index is 0. The molecule has 0 unspecified atom stereocenters. The zero-order valence-electron chi connectivity index (χ0n) is 11.5. The van der Waals surface area contributed by atoms with Crippen molar-refractivity contribution >= 4 is 50.0 Å². The van der Waals surface area contributed by atoms with E-state index in [9.17, 15) is 0 Å². The van der Waals surface area contributed by atoms with Gasteiger partial charge in [0.15, 0.2) is 0 Å². The van der Waals surface area contributed by atoms with E-state index in [0.29, 0.717) is 0 Å². The minimum atomic E-state index is 0. The number of hydrogen-bond acceptors (Lipinski definition) is 0. The summed E-state index contributed by atoms with van der Waals surface area (Å²) in [5.41, 5.74) is 0. The maximum Gasteiger partial charge on any atom is 4.00 e. The maximum absolute atomic E-state index is 0. The van der Waals surface area contributed by atoms with Crippen LogP contribution >= 0.6 is 9.90 Å². The van der Waals surface area contributed by atoms with E-state index in [1.807, 2.05) is 0 Å². The van der Waals surface area contributed by atoms with Crippen molar-refractivity contribution < 1.29 is 349 Å². The molecule has 0 fully saturated rings. The van der Waals surface area contributed by atoms with Crippen molar-refractivity contribution in [3.8, 4) is 0 Å². The fraction of sp³-hybridized carbons (Fsp3) is 0. The summed E-state index contributed by atoms with van der Waals surface area (Å²) in [5.74, 6) is 0. The van der Waals surface area contributed by atoms with Crippen LogP contribution in [-0.2, 0) is 57.6 Å². The molecule has 0 bridgehead atoms. The van der Waals surface area contributed by atoms with Crippen LogP contribution in [0.5, 0.6) is 0 Å². The third-order valence-electron chi connectivity index (χ3n) is 0. The van der Waals surface area contributed by atoms with Gasteiger partial charge in [-0.2, -0.15) is 0 Å². The van der Waals surface area contributed by atoms with Gasteiger partial charge in [0.1, 0.15) is 0 Å². The molecule has 0 aromatic heterocycles. The fourth-order valence-electron chi connectivity index (χ4n) is 0. The number of rotatable bonds is 0. The molecule has 0 N–H and O–H groups in total. The van der Waals surface area contributed by atoms with Crippen LogP contribution in [0.2, 0.25) is 0 Å². The molecule has 0 aliphatic rings. The molecule has 0 aliphatic heterocycles. The Morgan fingerprint density at radius 3 is 0.360 bits per heavy atom. The normalized spacial score (nSPS) is 0. The summed E-state index contributed by atoms with van der Waals surface area (Å²) in [6, 6.07) is 0. The third kappa shape index (κ3) is 312. The molecule has 0 amide bonds. The SMILES string of the molecule is [Cl-].[Cl-].[Cl-].[Cl-].[Cl-].[Cl-].[Cl-].[Cl-].[Cl-].[Cl-].[Cl-].[Cl-].[Cl-].[Cl-].[Cl-].[Cl-].[Cl-].[K+].[Mg+2].[Mn+2].[Mo+4].[Na+].[P+3].[Se+2].[Zn+2]. The van der Waals surface area contributed by atoms with Crippen LogP contribution < -0.4 is 292 Å². The Bertz CT molecular complexity index is 46.6. The van der Waals surface area contributed by atoms with Crippen LogP contribution in [0.25, 0.3) is 0 Å². The van der Waals surface area contributed by atoms with Crippen molar-refractivity contribution in [2.45, 2.75) is 0 Å². The first kappa shape index (κ1) is 361. The van der Waals surface area contributed by atoms with E-state index >= 15 is 0 Å². The van der Waals surface area contributed by atoms with E-state index in [0.717, 1.165) is 0 Å². The first-order chi connectivity index (χ1) is 0. The molecule has 0 atom stereocenters. The van der Waals surface area contributed by atoms with Gasteiger partial charge in [-0.1, -0.05) is 0 Å². The van der Waals surface area contributed by atoms with Gasteiger partial charge in [0, 0.05) is 0 Å². The molecule has 149 valence electrons. The topological polar surface area (TPSA) is 0 Å². The average Bonchev–Trinajstić information content (AvgIpc) is 0. The van der Waals surface area contributed by atoms with Gasteiger partial charge in [-0.15, -0.1) is 0 Å². The molecule has 0 nitrogen and oxygen atoms in total. The molecule has 0 heterocycles. The molecule has 0 aromatic carbocycles. The van der Waals surface area contributed by atoms with E-state index in [1.54, 1.807) is 0 Å². The Morgan fingerprint density at radius 2 is 0.360 bits per heavy atom. The van der Waals surface area contributed by atoms with Gasteiger partial charge in [-0.25, -0.2) is 0 Å². The van der Waals surface area contributed by atoms with Crippen LogP contribution in [0.3, 0.4) is 0 Å². The Kier molecular flexibility index (Phi) is 4770. The maximum atomic E-state index is 0. The second kappa shape index (κ2) is 331. The molecular formula is Cl17KMgMnMoNaPSeZn. The van der Waals surface area contributed by atoms with Crippen LogP contribution in [-0.4, -0.2) is 40.1 Å². The summed E-state index contributed by atoms with van der Waals surface area (Å²) in [6.45, 7) is 0. The van der Waals surface area contributed by atoms with Crippen LogP contribution in [0.1, 0.15) is 0 Å². The van der Waals surface area contributed by atoms with E-state index < -0.39 is 0 Å². The van der Waals surface area contributed by atoms with Crippen molar-refractivity contribution in [3.63, 3.8) is 0 Å². The summed E-state index contributed by atoms with van der Waals surface area (Å²) in [6.07, 6.45) is 0. The average molecular weight is 1020 g/mol. The van der Waals surface area contributed by atoms with Gasteiger partial charge in [0.25, 0.3) is 0 Å². The molecule has 0 saturated heterocycles. The quantitative estimate of drug-likeness (QED) is 0.168. The van der Waals surface area contributed by atoms with Crippen molar-refractivity contribution in [2.24, 2.45) is 0 Å². The molecule has 0 aromatic rings. The Hall–Kier alpha value is 11.1. The van der Waals surface area contributed by atoms with Gasteiger partial charge in [0.2, 0.25) is 0 Å². The smallest absolute Gasteiger partial charge is 1.00 e. The van der Waals surface area contributed by atoms with E-state index in [4.69, 9.17) is 0 Å². The molecule has 7 radical (unpaired) electrons. The minimum Gasteiger partial charge on any atom is -1.00 e. The van der Waals surface area contributed by atoms with E-state index in [2.05, 4.69) is 0 Å². The van der Waals surface area contributed by atoms with Crippen molar-refractivity contribution in [1.29, 1.82) is 0 Å². The molecule has 0 aliphatic carbocycles. The Morgan fingerprint density at radius 1 is 0.360 bits per heavy atom. The van der Waals surface area contributed by atoms with Crippen molar-refractivity contribution in [1.82, 2.24) is 0 Å². The fourth-order valence-corrected chi connectivity index (χ4v) is 0. The molecule has 25 heteroatoms. The second-order valence-corrected chi connectivity index (χ2v) is 0. The zero-order chi connectivity index (χ0) is 0. The van der Waals surface area contributed by atoms with Crippen LogP contribution in [0, 0.1) is 0 Å². The predicted molar refractivity (Wildman–Crippen MR) is 18.4 cm³/mol. The van der Waals surface area contributed by atoms with Gasteiger partial charge < -0.3 is 211 Å². The first-order valence-corrected chi connectivity index (χ1v) is 0. The Balaban J connectivity index is 0. The van der Waals surface area contributed by atoms with Crippen molar-refractivity contribution in [2.75, 3.05) is 0 Å². The summed E-state index contributed by atoms with van der Waals surface area (Å²) in [4.78, 5) is 0. The number of halogens is 17. The molecule has 0 rings (SSSR count). The van der Waals surface area contributed by atoms with Crippen molar-refractivity contribution in [3.05, 3.63) is 0 Å².